The number of nitro benzene ring substituents is 1. The Kier molecular flexibility index (Phi) is 5.08. The van der Waals surface area contributed by atoms with Crippen LogP contribution in [0.5, 0.6) is 0 Å². The van der Waals surface area contributed by atoms with Gasteiger partial charge in [0.1, 0.15) is 6.04 Å². The summed E-state index contributed by atoms with van der Waals surface area (Å²) in [5.74, 6) is 6.37. The lowest BCUT2D eigenvalue weighted by Gasteiger charge is -2.15. The molecule has 4 heteroatoms. The number of nitrogens with one attached hydrogen (secondary N) is 1. The van der Waals surface area contributed by atoms with Crippen molar-refractivity contribution in [1.29, 1.82) is 0 Å². The molecule has 0 amide bonds. The van der Waals surface area contributed by atoms with Gasteiger partial charge in [0, 0.05) is 23.4 Å². The van der Waals surface area contributed by atoms with Gasteiger partial charge in [-0.2, -0.15) is 0 Å². The van der Waals surface area contributed by atoms with Crippen molar-refractivity contribution >= 4 is 11.4 Å². The summed E-state index contributed by atoms with van der Waals surface area (Å²) in [6, 6.07) is 25.7. The third-order valence-corrected chi connectivity index (χ3v) is 3.66. The Hall–Kier alpha value is -3.58. The van der Waals surface area contributed by atoms with E-state index in [4.69, 9.17) is 0 Å². The lowest BCUT2D eigenvalue weighted by molar-refractivity contribution is -0.384. The van der Waals surface area contributed by atoms with Gasteiger partial charge in [-0.15, -0.1) is 0 Å². The fourth-order valence-corrected chi connectivity index (χ4v) is 2.37. The minimum absolute atomic E-state index is 0.0678. The molecule has 0 aliphatic rings. The molecule has 1 N–H and O–H groups in total. The molecule has 0 heterocycles. The first kappa shape index (κ1) is 16.3. The molecule has 25 heavy (non-hydrogen) atoms. The molecule has 0 spiro atoms. The standard InChI is InChI=1S/C21H16N2O2/c24-23(25)20-14-12-18(13-15-20)21(22-19-9-5-2-6-10-19)16-11-17-7-3-1-4-8-17/h1-10,12-15,21-22H. The first-order valence-corrected chi connectivity index (χ1v) is 7.85. The normalized spacial score (nSPS) is 11.0. The minimum atomic E-state index is -0.404. The van der Waals surface area contributed by atoms with Crippen molar-refractivity contribution in [2.75, 3.05) is 5.32 Å². The summed E-state index contributed by atoms with van der Waals surface area (Å²) >= 11 is 0. The number of nitrogens with zero attached hydrogens (tertiary/aromatic N) is 1. The smallest absolute Gasteiger partial charge is 0.269 e. The first-order valence-electron chi connectivity index (χ1n) is 7.85. The molecule has 0 bridgehead atoms. The second-order valence-electron chi connectivity index (χ2n) is 5.43. The Morgan fingerprint density at radius 3 is 2.04 bits per heavy atom. The van der Waals surface area contributed by atoms with E-state index in [0.29, 0.717) is 0 Å². The first-order chi connectivity index (χ1) is 12.2. The van der Waals surface area contributed by atoms with Crippen molar-refractivity contribution in [2.45, 2.75) is 6.04 Å². The predicted octanol–water partition coefficient (Wildman–Crippen LogP) is 4.80. The van der Waals surface area contributed by atoms with E-state index in [1.54, 1.807) is 12.1 Å². The molecule has 0 aliphatic carbocycles. The van der Waals surface area contributed by atoms with E-state index in [9.17, 15) is 10.1 Å². The van der Waals surface area contributed by atoms with E-state index in [-0.39, 0.29) is 11.7 Å². The molecule has 0 aromatic heterocycles. The van der Waals surface area contributed by atoms with Gasteiger partial charge < -0.3 is 5.32 Å². The van der Waals surface area contributed by atoms with Crippen LogP contribution in [0.15, 0.2) is 84.9 Å². The van der Waals surface area contributed by atoms with E-state index >= 15 is 0 Å². The topological polar surface area (TPSA) is 55.2 Å². The Balaban J connectivity index is 1.91. The van der Waals surface area contributed by atoms with E-state index in [2.05, 4.69) is 17.2 Å². The minimum Gasteiger partial charge on any atom is -0.368 e. The maximum atomic E-state index is 10.8. The molecule has 1 unspecified atom stereocenters. The summed E-state index contributed by atoms with van der Waals surface area (Å²) in [6.07, 6.45) is 0. The molecule has 0 aliphatic heterocycles. The number of hydrogen-bond donors (Lipinski definition) is 1. The van der Waals surface area contributed by atoms with E-state index in [0.717, 1.165) is 16.8 Å². The second kappa shape index (κ2) is 7.80. The average molecular weight is 328 g/mol. The highest BCUT2D eigenvalue weighted by atomic mass is 16.6. The quantitative estimate of drug-likeness (QED) is 0.425. The molecule has 122 valence electrons. The summed E-state index contributed by atoms with van der Waals surface area (Å²) in [5.41, 5.74) is 2.80. The largest absolute Gasteiger partial charge is 0.368 e. The van der Waals surface area contributed by atoms with Crippen molar-refractivity contribution in [1.82, 2.24) is 0 Å². The van der Waals surface area contributed by atoms with Gasteiger partial charge in [0.2, 0.25) is 0 Å². The zero-order valence-corrected chi connectivity index (χ0v) is 13.4. The highest BCUT2D eigenvalue weighted by molar-refractivity contribution is 5.50. The molecule has 3 rings (SSSR count). The summed E-state index contributed by atoms with van der Waals surface area (Å²) in [4.78, 5) is 10.4. The fraction of sp³-hybridized carbons (Fsp3) is 0.0476. The Morgan fingerprint density at radius 2 is 1.44 bits per heavy atom. The third kappa shape index (κ3) is 4.46. The van der Waals surface area contributed by atoms with Gasteiger partial charge in [-0.05, 0) is 42.0 Å². The highest BCUT2D eigenvalue weighted by Crippen LogP contribution is 2.21. The van der Waals surface area contributed by atoms with Crippen LogP contribution >= 0.6 is 0 Å². The van der Waals surface area contributed by atoms with Crippen LogP contribution in [0, 0.1) is 22.0 Å². The molecule has 4 nitrogen and oxygen atoms in total. The number of para-hydroxylation sites is 1. The predicted molar refractivity (Wildman–Crippen MR) is 99.2 cm³/mol. The third-order valence-electron chi connectivity index (χ3n) is 3.66. The van der Waals surface area contributed by atoms with E-state index in [1.165, 1.54) is 12.1 Å². The molecular weight excluding hydrogens is 312 g/mol. The summed E-state index contributed by atoms with van der Waals surface area (Å²) in [6.45, 7) is 0. The zero-order chi connectivity index (χ0) is 17.5. The SMILES string of the molecule is O=[N+]([O-])c1ccc(C(C#Cc2ccccc2)Nc2ccccc2)cc1. The van der Waals surface area contributed by atoms with Crippen LogP contribution in [-0.4, -0.2) is 4.92 Å². The van der Waals surface area contributed by atoms with Crippen LogP contribution in [0.25, 0.3) is 0 Å². The highest BCUT2D eigenvalue weighted by Gasteiger charge is 2.11. The summed E-state index contributed by atoms with van der Waals surface area (Å²) < 4.78 is 0. The molecular formula is C21H16N2O2. The summed E-state index contributed by atoms with van der Waals surface area (Å²) in [5, 5.41) is 14.2. The van der Waals surface area contributed by atoms with Gasteiger partial charge in [0.15, 0.2) is 0 Å². The maximum absolute atomic E-state index is 10.8. The van der Waals surface area contributed by atoms with Gasteiger partial charge in [-0.1, -0.05) is 48.2 Å². The lowest BCUT2D eigenvalue weighted by atomic mass is 10.1. The molecule has 3 aromatic rings. The van der Waals surface area contributed by atoms with Crippen molar-refractivity contribution < 1.29 is 4.92 Å². The Morgan fingerprint density at radius 1 is 0.840 bits per heavy atom. The zero-order valence-electron chi connectivity index (χ0n) is 13.4. The van der Waals surface area contributed by atoms with Gasteiger partial charge in [0.05, 0.1) is 4.92 Å². The number of anilines is 1. The monoisotopic (exact) mass is 328 g/mol. The van der Waals surface area contributed by atoms with Crippen LogP contribution in [0.3, 0.4) is 0 Å². The molecule has 0 radical (unpaired) electrons. The van der Waals surface area contributed by atoms with E-state index < -0.39 is 4.92 Å². The van der Waals surface area contributed by atoms with Crippen LogP contribution in [0.1, 0.15) is 17.2 Å². The van der Waals surface area contributed by atoms with Gasteiger partial charge in [-0.25, -0.2) is 0 Å². The van der Waals surface area contributed by atoms with Crippen molar-refractivity contribution in [3.05, 3.63) is 106 Å². The Labute approximate surface area is 146 Å². The average Bonchev–Trinajstić information content (AvgIpc) is 2.67. The second-order valence-corrected chi connectivity index (χ2v) is 5.43. The summed E-state index contributed by atoms with van der Waals surface area (Å²) in [7, 11) is 0. The molecule has 3 aromatic carbocycles. The van der Waals surface area contributed by atoms with Gasteiger partial charge in [0.25, 0.3) is 5.69 Å². The maximum Gasteiger partial charge on any atom is 0.269 e. The van der Waals surface area contributed by atoms with E-state index in [1.807, 2.05) is 60.7 Å². The number of rotatable bonds is 4. The van der Waals surface area contributed by atoms with Crippen LogP contribution in [0.2, 0.25) is 0 Å². The fourth-order valence-electron chi connectivity index (χ4n) is 2.37. The van der Waals surface area contributed by atoms with Gasteiger partial charge in [-0.3, -0.25) is 10.1 Å². The molecule has 1 atom stereocenters. The van der Waals surface area contributed by atoms with Crippen molar-refractivity contribution in [3.63, 3.8) is 0 Å². The number of nitro groups is 1. The van der Waals surface area contributed by atoms with Gasteiger partial charge >= 0.3 is 0 Å². The number of benzene rings is 3. The molecule has 0 saturated carbocycles. The number of non-ortho nitro benzene ring substituents is 1. The molecule has 0 fully saturated rings. The number of hydrogen-bond acceptors (Lipinski definition) is 3. The molecule has 0 saturated heterocycles. The Bertz CT molecular complexity index is 895. The van der Waals surface area contributed by atoms with Crippen LogP contribution in [0.4, 0.5) is 11.4 Å². The van der Waals surface area contributed by atoms with Crippen LogP contribution in [-0.2, 0) is 0 Å². The van der Waals surface area contributed by atoms with Crippen LogP contribution < -0.4 is 5.32 Å². The van der Waals surface area contributed by atoms with Crippen molar-refractivity contribution in [2.24, 2.45) is 0 Å². The lowest BCUT2D eigenvalue weighted by Crippen LogP contribution is -2.08. The van der Waals surface area contributed by atoms with Crippen molar-refractivity contribution in [3.8, 4) is 11.8 Å².